The van der Waals surface area contributed by atoms with Crippen LogP contribution in [0, 0.1) is 10.8 Å². The molecule has 1 saturated heterocycles. The second-order valence-electron chi connectivity index (χ2n) is 10.7. The zero-order chi connectivity index (χ0) is 21.1. The van der Waals surface area contributed by atoms with Crippen molar-refractivity contribution in [2.75, 3.05) is 19.6 Å². The molecule has 3 amide bonds. The molecule has 1 aromatic carbocycles. The fourth-order valence-electron chi connectivity index (χ4n) is 6.48. The van der Waals surface area contributed by atoms with Gasteiger partial charge < -0.3 is 20.1 Å². The number of rotatable bonds is 2. The topological polar surface area (TPSA) is 68.4 Å². The predicted molar refractivity (Wildman–Crippen MR) is 117 cm³/mol. The number of fused-ring (bicyclic) bond motifs is 5. The molecule has 6 heteroatoms. The van der Waals surface area contributed by atoms with E-state index in [1.807, 2.05) is 11.0 Å². The summed E-state index contributed by atoms with van der Waals surface area (Å²) in [7, 11) is 0. The molecular formula is C24H32N4O2. The molecule has 5 rings (SSSR count). The molecule has 0 radical (unpaired) electrons. The van der Waals surface area contributed by atoms with E-state index in [1.165, 1.54) is 10.9 Å². The Morgan fingerprint density at radius 3 is 2.83 bits per heavy atom. The number of H-pyrrole nitrogens is 1. The summed E-state index contributed by atoms with van der Waals surface area (Å²) in [6.45, 7) is 9.05. The summed E-state index contributed by atoms with van der Waals surface area (Å²) < 4.78 is 0. The van der Waals surface area contributed by atoms with Crippen LogP contribution >= 0.6 is 0 Å². The van der Waals surface area contributed by atoms with Gasteiger partial charge in [-0.05, 0) is 48.1 Å². The summed E-state index contributed by atoms with van der Waals surface area (Å²) >= 11 is 0. The predicted octanol–water partition coefficient (Wildman–Crippen LogP) is 3.66. The van der Waals surface area contributed by atoms with Crippen LogP contribution in [-0.4, -0.2) is 52.4 Å². The van der Waals surface area contributed by atoms with Gasteiger partial charge in [0.25, 0.3) is 0 Å². The van der Waals surface area contributed by atoms with E-state index in [-0.39, 0.29) is 29.3 Å². The van der Waals surface area contributed by atoms with Crippen molar-refractivity contribution < 1.29 is 9.59 Å². The van der Waals surface area contributed by atoms with Gasteiger partial charge in [-0.15, -0.1) is 0 Å². The van der Waals surface area contributed by atoms with Crippen molar-refractivity contribution in [1.82, 2.24) is 20.1 Å². The number of para-hydroxylation sites is 1. The van der Waals surface area contributed by atoms with Gasteiger partial charge in [-0.1, -0.05) is 39.0 Å². The number of carbonyl (C=O) groups is 2. The third-order valence-electron chi connectivity index (χ3n) is 7.30. The highest BCUT2D eigenvalue weighted by atomic mass is 16.2. The van der Waals surface area contributed by atoms with E-state index in [4.69, 9.17) is 0 Å². The maximum atomic E-state index is 12.9. The van der Waals surface area contributed by atoms with Crippen molar-refractivity contribution in [3.05, 3.63) is 35.5 Å². The molecule has 2 aromatic rings. The molecule has 3 heterocycles. The number of benzene rings is 1. The molecule has 3 aliphatic rings. The first kappa shape index (κ1) is 19.5. The highest BCUT2D eigenvalue weighted by molar-refractivity contribution is 5.87. The van der Waals surface area contributed by atoms with Crippen LogP contribution in [0.3, 0.4) is 0 Å². The number of likely N-dealkylation sites (tertiary alicyclic amines) is 1. The smallest absolute Gasteiger partial charge is 0.318 e. The molecule has 2 N–H and O–H groups in total. The van der Waals surface area contributed by atoms with Gasteiger partial charge >= 0.3 is 6.03 Å². The van der Waals surface area contributed by atoms with Gasteiger partial charge in [-0.3, -0.25) is 4.79 Å². The number of carbonyl (C=O) groups excluding carboxylic acids is 2. The summed E-state index contributed by atoms with van der Waals surface area (Å²) in [5.74, 6) is 0.0538. The fourth-order valence-corrected chi connectivity index (χ4v) is 6.48. The zero-order valence-corrected chi connectivity index (χ0v) is 18.3. The highest BCUT2D eigenvalue weighted by Crippen LogP contribution is 2.52. The van der Waals surface area contributed by atoms with Gasteiger partial charge in [0.2, 0.25) is 5.91 Å². The maximum absolute atomic E-state index is 12.9. The van der Waals surface area contributed by atoms with Crippen molar-refractivity contribution in [3.8, 4) is 0 Å². The van der Waals surface area contributed by atoms with E-state index in [2.05, 4.69) is 49.3 Å². The molecule has 0 spiro atoms. The molecule has 1 saturated carbocycles. The molecule has 1 aromatic heterocycles. The first-order valence-corrected chi connectivity index (χ1v) is 11.1. The van der Waals surface area contributed by atoms with Crippen molar-refractivity contribution in [2.24, 2.45) is 10.8 Å². The van der Waals surface area contributed by atoms with Gasteiger partial charge in [0.15, 0.2) is 0 Å². The standard InChI is InChI=1S/C24H32N4O2/c1-23(2)10-16-11-24(3,14-23)15-28(16)21(29)12-25-22(30)27-9-8-18-17-6-4-5-7-19(17)26-20(18)13-27/h4-7,16,26H,8-15H2,1-3H3,(H,25,30)/t16-,24+/m0/s1. The zero-order valence-electron chi connectivity index (χ0n) is 18.3. The number of nitrogens with zero attached hydrogens (tertiary/aromatic N) is 2. The van der Waals surface area contributed by atoms with Crippen LogP contribution < -0.4 is 5.32 Å². The second-order valence-corrected chi connectivity index (χ2v) is 10.7. The lowest BCUT2D eigenvalue weighted by molar-refractivity contribution is -0.131. The highest BCUT2D eigenvalue weighted by Gasteiger charge is 2.50. The Kier molecular flexibility index (Phi) is 4.38. The van der Waals surface area contributed by atoms with E-state index in [0.29, 0.717) is 19.1 Å². The van der Waals surface area contributed by atoms with E-state index >= 15 is 0 Å². The van der Waals surface area contributed by atoms with Crippen molar-refractivity contribution in [2.45, 2.75) is 59.0 Å². The largest absolute Gasteiger partial charge is 0.357 e. The minimum atomic E-state index is -0.152. The normalized spacial score (nSPS) is 27.2. The van der Waals surface area contributed by atoms with Crippen molar-refractivity contribution >= 4 is 22.8 Å². The van der Waals surface area contributed by atoms with Crippen LogP contribution in [0.25, 0.3) is 10.9 Å². The van der Waals surface area contributed by atoms with Crippen LogP contribution in [0.1, 0.15) is 51.3 Å². The van der Waals surface area contributed by atoms with E-state index in [9.17, 15) is 9.59 Å². The first-order chi connectivity index (χ1) is 14.2. The average molecular weight is 409 g/mol. The summed E-state index contributed by atoms with van der Waals surface area (Å²) in [5, 5.41) is 4.14. The summed E-state index contributed by atoms with van der Waals surface area (Å²) in [4.78, 5) is 33.0. The SMILES string of the molecule is CC1(C)C[C@H]2C[C@@](C)(CN2C(=O)CNC(=O)N2CCc3c([nH]c4ccccc34)C2)C1. The Balaban J connectivity index is 1.20. The van der Waals surface area contributed by atoms with Crippen molar-refractivity contribution in [3.63, 3.8) is 0 Å². The number of aromatic nitrogens is 1. The van der Waals surface area contributed by atoms with Crippen LogP contribution in [0.4, 0.5) is 4.79 Å². The van der Waals surface area contributed by atoms with Crippen LogP contribution in [-0.2, 0) is 17.8 Å². The first-order valence-electron chi connectivity index (χ1n) is 11.1. The Hall–Kier alpha value is -2.50. The third kappa shape index (κ3) is 3.36. The molecule has 2 bridgehead atoms. The van der Waals surface area contributed by atoms with Crippen LogP contribution in [0.15, 0.2) is 24.3 Å². The van der Waals surface area contributed by atoms with Gasteiger partial charge in [-0.2, -0.15) is 0 Å². The molecule has 6 nitrogen and oxygen atoms in total. The number of aromatic amines is 1. The number of urea groups is 1. The fraction of sp³-hybridized carbons (Fsp3) is 0.583. The maximum Gasteiger partial charge on any atom is 0.318 e. The van der Waals surface area contributed by atoms with E-state index in [0.717, 1.165) is 43.4 Å². The lowest BCUT2D eigenvalue weighted by atomic mass is 9.65. The lowest BCUT2D eigenvalue weighted by Crippen LogP contribution is -2.48. The number of nitrogens with one attached hydrogen (secondary N) is 2. The van der Waals surface area contributed by atoms with Crippen molar-refractivity contribution in [1.29, 1.82) is 0 Å². The quantitative estimate of drug-likeness (QED) is 0.796. The monoisotopic (exact) mass is 408 g/mol. The molecule has 0 unspecified atom stereocenters. The second kappa shape index (κ2) is 6.76. The molecule has 2 atom stereocenters. The molecule has 30 heavy (non-hydrogen) atoms. The van der Waals surface area contributed by atoms with Crippen LogP contribution in [0.2, 0.25) is 0 Å². The molecular weight excluding hydrogens is 376 g/mol. The van der Waals surface area contributed by atoms with Gasteiger partial charge in [-0.25, -0.2) is 4.79 Å². The Morgan fingerprint density at radius 2 is 2.00 bits per heavy atom. The van der Waals surface area contributed by atoms with E-state index in [1.54, 1.807) is 4.90 Å². The number of hydrogen-bond donors (Lipinski definition) is 2. The Bertz CT molecular complexity index is 1010. The van der Waals surface area contributed by atoms with Gasteiger partial charge in [0.05, 0.1) is 13.1 Å². The molecule has 1 aliphatic carbocycles. The van der Waals surface area contributed by atoms with Gasteiger partial charge in [0, 0.05) is 35.7 Å². The third-order valence-corrected chi connectivity index (χ3v) is 7.30. The molecule has 160 valence electrons. The summed E-state index contributed by atoms with van der Waals surface area (Å²) in [6, 6.07) is 8.44. The summed E-state index contributed by atoms with van der Waals surface area (Å²) in [5.41, 5.74) is 4.03. The molecule has 2 fully saturated rings. The minimum Gasteiger partial charge on any atom is -0.357 e. The Labute approximate surface area is 178 Å². The number of hydrogen-bond acceptors (Lipinski definition) is 2. The number of amides is 3. The van der Waals surface area contributed by atoms with Gasteiger partial charge in [0.1, 0.15) is 0 Å². The van der Waals surface area contributed by atoms with E-state index < -0.39 is 0 Å². The lowest BCUT2D eigenvalue weighted by Gasteiger charge is -2.39. The Morgan fingerprint density at radius 1 is 1.20 bits per heavy atom. The minimum absolute atomic E-state index is 0.0538. The molecule has 2 aliphatic heterocycles. The average Bonchev–Trinajstić information content (AvgIpc) is 3.18. The summed E-state index contributed by atoms with van der Waals surface area (Å²) in [6.07, 6.45) is 4.14. The van der Waals surface area contributed by atoms with Crippen LogP contribution in [0.5, 0.6) is 0 Å².